The Morgan fingerprint density at radius 1 is 1.38 bits per heavy atom. The molecule has 6 nitrogen and oxygen atoms in total. The Kier molecular flexibility index (Phi) is 8.83. The summed E-state index contributed by atoms with van der Waals surface area (Å²) in [7, 11) is 0. The number of rotatable bonds is 10. The molecule has 1 aliphatic carbocycles. The highest BCUT2D eigenvalue weighted by Crippen LogP contribution is 2.30. The largest absolute Gasteiger partial charge is 0.382 e. The molecule has 0 aromatic carbocycles. The smallest absolute Gasteiger partial charge is 0.233 e. The molecule has 0 spiro atoms. The molecule has 1 atom stereocenters. The van der Waals surface area contributed by atoms with Gasteiger partial charge in [-0.05, 0) is 33.1 Å². The molecule has 0 aliphatic heterocycles. The molecule has 1 heterocycles. The van der Waals surface area contributed by atoms with E-state index < -0.39 is 0 Å². The quantitative estimate of drug-likeness (QED) is 0.485. The summed E-state index contributed by atoms with van der Waals surface area (Å²) in [6.07, 6.45) is 7.18. The fraction of sp³-hybridized carbons (Fsp3) is 0.812. The topological polar surface area (TPSA) is 76.1 Å². The Bertz CT molecular complexity index is 492. The van der Waals surface area contributed by atoms with Crippen molar-refractivity contribution >= 4 is 34.1 Å². The minimum atomic E-state index is -0.174. The van der Waals surface area contributed by atoms with Crippen LogP contribution < -0.4 is 10.6 Å². The molecule has 2 rings (SSSR count). The lowest BCUT2D eigenvalue weighted by Crippen LogP contribution is -2.32. The maximum absolute atomic E-state index is 12.1. The van der Waals surface area contributed by atoms with Gasteiger partial charge in [-0.1, -0.05) is 42.4 Å². The van der Waals surface area contributed by atoms with E-state index in [9.17, 15) is 4.79 Å². The van der Waals surface area contributed by atoms with Gasteiger partial charge in [0.1, 0.15) is 0 Å². The van der Waals surface area contributed by atoms with Crippen LogP contribution in [-0.2, 0) is 9.53 Å². The monoisotopic (exact) mass is 372 g/mol. The van der Waals surface area contributed by atoms with Crippen LogP contribution in [-0.4, -0.2) is 47.2 Å². The number of nitrogens with one attached hydrogen (secondary N) is 2. The zero-order valence-corrected chi connectivity index (χ0v) is 16.2. The zero-order chi connectivity index (χ0) is 17.2. The van der Waals surface area contributed by atoms with Crippen molar-refractivity contribution < 1.29 is 9.53 Å². The molecule has 0 bridgehead atoms. The van der Waals surface area contributed by atoms with E-state index in [2.05, 4.69) is 20.8 Å². The van der Waals surface area contributed by atoms with Gasteiger partial charge in [0, 0.05) is 25.8 Å². The Balaban J connectivity index is 1.69. The van der Waals surface area contributed by atoms with E-state index in [4.69, 9.17) is 4.74 Å². The van der Waals surface area contributed by atoms with Crippen molar-refractivity contribution in [2.45, 2.75) is 68.0 Å². The second-order valence-corrected chi connectivity index (χ2v) is 8.52. The van der Waals surface area contributed by atoms with Crippen molar-refractivity contribution in [1.29, 1.82) is 0 Å². The Morgan fingerprint density at radius 2 is 2.17 bits per heavy atom. The molecule has 1 aromatic heterocycles. The lowest BCUT2D eigenvalue weighted by molar-refractivity contribution is -0.120. The molecule has 1 fully saturated rings. The molecule has 136 valence electrons. The van der Waals surface area contributed by atoms with Crippen molar-refractivity contribution in [3.8, 4) is 0 Å². The summed E-state index contributed by atoms with van der Waals surface area (Å²) in [5.74, 6) is 0.0356. The van der Waals surface area contributed by atoms with E-state index in [1.54, 1.807) is 0 Å². The molecule has 1 aromatic rings. The third-order valence-electron chi connectivity index (χ3n) is 3.95. The highest BCUT2D eigenvalue weighted by molar-refractivity contribution is 8.02. The predicted octanol–water partition coefficient (Wildman–Crippen LogP) is 3.31. The number of ether oxygens (including phenoxy) is 1. The van der Waals surface area contributed by atoms with Gasteiger partial charge in [0.15, 0.2) is 4.34 Å². The van der Waals surface area contributed by atoms with Gasteiger partial charge in [0.25, 0.3) is 0 Å². The summed E-state index contributed by atoms with van der Waals surface area (Å²) in [6.45, 7) is 5.92. The molecular formula is C16H28N4O2S2. The number of aromatic nitrogens is 2. The Hall–Kier alpha value is -0.860. The molecule has 8 heteroatoms. The van der Waals surface area contributed by atoms with Crippen LogP contribution in [0.25, 0.3) is 0 Å². The van der Waals surface area contributed by atoms with Crippen LogP contribution in [0.15, 0.2) is 4.34 Å². The molecule has 1 amide bonds. The first-order valence-electron chi connectivity index (χ1n) is 8.81. The number of carbonyl (C=O) groups excluding carboxylic acids is 1. The Morgan fingerprint density at radius 3 is 2.92 bits per heavy atom. The van der Waals surface area contributed by atoms with E-state index in [0.29, 0.717) is 25.8 Å². The first-order chi connectivity index (χ1) is 11.7. The van der Waals surface area contributed by atoms with Gasteiger partial charge in [-0.15, -0.1) is 10.2 Å². The average molecular weight is 373 g/mol. The summed E-state index contributed by atoms with van der Waals surface area (Å²) in [4.78, 5) is 12.1. The van der Waals surface area contributed by atoms with E-state index >= 15 is 0 Å². The van der Waals surface area contributed by atoms with Crippen molar-refractivity contribution in [2.24, 2.45) is 0 Å². The lowest BCUT2D eigenvalue weighted by Gasteiger charge is -2.21. The number of carbonyl (C=O) groups is 1. The molecule has 24 heavy (non-hydrogen) atoms. The summed E-state index contributed by atoms with van der Waals surface area (Å²) < 4.78 is 6.09. The first-order valence-corrected chi connectivity index (χ1v) is 10.5. The van der Waals surface area contributed by atoms with Gasteiger partial charge in [-0.25, -0.2) is 0 Å². The van der Waals surface area contributed by atoms with Crippen molar-refractivity contribution in [2.75, 3.05) is 25.1 Å². The third kappa shape index (κ3) is 6.94. The SMILES string of the molecule is CCOCCCNC(=O)C(C)Sc1nnc(NC2CCCCC2)s1. The maximum atomic E-state index is 12.1. The van der Waals surface area contributed by atoms with E-state index in [0.717, 1.165) is 15.9 Å². The number of anilines is 1. The molecule has 0 saturated heterocycles. The number of nitrogens with zero attached hydrogens (tertiary/aromatic N) is 2. The number of thioether (sulfide) groups is 1. The van der Waals surface area contributed by atoms with E-state index in [1.807, 2.05) is 13.8 Å². The van der Waals surface area contributed by atoms with Gasteiger partial charge in [-0.3, -0.25) is 4.79 Å². The highest BCUT2D eigenvalue weighted by Gasteiger charge is 2.18. The van der Waals surface area contributed by atoms with Crippen LogP contribution in [0.3, 0.4) is 0 Å². The lowest BCUT2D eigenvalue weighted by atomic mass is 9.96. The molecular weight excluding hydrogens is 344 g/mol. The van der Waals surface area contributed by atoms with E-state index in [1.165, 1.54) is 55.2 Å². The fourth-order valence-corrected chi connectivity index (χ4v) is 4.61. The van der Waals surface area contributed by atoms with Crippen molar-refractivity contribution in [1.82, 2.24) is 15.5 Å². The second kappa shape index (κ2) is 10.9. The normalized spacial score (nSPS) is 16.8. The third-order valence-corrected chi connectivity index (χ3v) is 5.99. The average Bonchev–Trinajstić information content (AvgIpc) is 3.02. The number of hydrogen-bond donors (Lipinski definition) is 2. The second-order valence-electron chi connectivity index (χ2n) is 5.95. The zero-order valence-electron chi connectivity index (χ0n) is 14.5. The van der Waals surface area contributed by atoms with Crippen LogP contribution in [0.2, 0.25) is 0 Å². The van der Waals surface area contributed by atoms with Crippen LogP contribution in [0.4, 0.5) is 5.13 Å². The predicted molar refractivity (Wildman–Crippen MR) is 99.8 cm³/mol. The van der Waals surface area contributed by atoms with Gasteiger partial charge in [0.05, 0.1) is 5.25 Å². The minimum absolute atomic E-state index is 0.0356. The van der Waals surface area contributed by atoms with Crippen LogP contribution in [0.1, 0.15) is 52.4 Å². The van der Waals surface area contributed by atoms with Gasteiger partial charge in [-0.2, -0.15) is 0 Å². The summed E-state index contributed by atoms with van der Waals surface area (Å²) >= 11 is 3.00. The fourth-order valence-electron chi connectivity index (χ4n) is 2.62. The molecule has 1 unspecified atom stereocenters. The standard InChI is InChI=1S/C16H28N4O2S2/c1-3-22-11-7-10-17-14(21)12(2)23-16-20-19-15(24-16)18-13-8-5-4-6-9-13/h12-13H,3-11H2,1-2H3,(H,17,21)(H,18,19). The minimum Gasteiger partial charge on any atom is -0.382 e. The van der Waals surface area contributed by atoms with Gasteiger partial charge < -0.3 is 15.4 Å². The van der Waals surface area contributed by atoms with Crippen molar-refractivity contribution in [3.63, 3.8) is 0 Å². The van der Waals surface area contributed by atoms with Crippen LogP contribution >= 0.6 is 23.1 Å². The molecule has 0 radical (unpaired) electrons. The number of amides is 1. The molecule has 1 aliphatic rings. The highest BCUT2D eigenvalue weighted by atomic mass is 32.2. The number of hydrogen-bond acceptors (Lipinski definition) is 7. The first kappa shape index (κ1) is 19.5. The Labute approximate surface area is 152 Å². The summed E-state index contributed by atoms with van der Waals surface area (Å²) in [6, 6.07) is 0.524. The molecule has 2 N–H and O–H groups in total. The van der Waals surface area contributed by atoms with E-state index in [-0.39, 0.29) is 11.2 Å². The molecule has 1 saturated carbocycles. The van der Waals surface area contributed by atoms with Gasteiger partial charge in [0.2, 0.25) is 11.0 Å². The maximum Gasteiger partial charge on any atom is 0.233 e. The van der Waals surface area contributed by atoms with Gasteiger partial charge >= 0.3 is 0 Å². The summed E-state index contributed by atoms with van der Waals surface area (Å²) in [5.41, 5.74) is 0. The summed E-state index contributed by atoms with van der Waals surface area (Å²) in [5, 5.41) is 15.5. The van der Waals surface area contributed by atoms with Crippen molar-refractivity contribution in [3.05, 3.63) is 0 Å². The van der Waals surface area contributed by atoms with Crippen LogP contribution in [0, 0.1) is 0 Å². The van der Waals surface area contributed by atoms with Crippen LogP contribution in [0.5, 0.6) is 0 Å².